The Hall–Kier alpha value is -2.58. The van der Waals surface area contributed by atoms with Gasteiger partial charge in [0, 0.05) is 29.2 Å². The molecule has 0 amide bonds. The number of sulfonamides is 1. The number of rotatable bonds is 7. The van der Waals surface area contributed by atoms with Gasteiger partial charge in [0.25, 0.3) is 0 Å². The number of nitrogens with zero attached hydrogens (tertiary/aromatic N) is 2. The molecular weight excluding hydrogens is 541 g/mol. The molecule has 9 heteroatoms. The van der Waals surface area contributed by atoms with Crippen LogP contribution in [0.1, 0.15) is 50.3 Å². The van der Waals surface area contributed by atoms with Crippen molar-refractivity contribution in [2.75, 3.05) is 19.7 Å². The minimum atomic E-state index is -3.59. The standard InChI is InChI=1S/C29H31Cl2N3O3S/c1-4-37-26-19-24(38(35,36)34-17-5-6-18-34)15-16-25(26)27-32-28(2,20-7-11-22(30)12-8-20)29(3,33-27)21-9-13-23(31)14-10-21/h7-16,19H,4-6,17-18H2,1-3H3,(H,32,33)/t28-,29-/m0/s1. The summed E-state index contributed by atoms with van der Waals surface area (Å²) in [5, 5.41) is 4.97. The van der Waals surface area contributed by atoms with E-state index in [0.29, 0.717) is 46.9 Å². The van der Waals surface area contributed by atoms with E-state index in [2.05, 4.69) is 19.2 Å². The van der Waals surface area contributed by atoms with Crippen LogP contribution < -0.4 is 10.1 Å². The van der Waals surface area contributed by atoms with Gasteiger partial charge in [-0.2, -0.15) is 4.31 Å². The summed E-state index contributed by atoms with van der Waals surface area (Å²) in [5.74, 6) is 1.09. The maximum atomic E-state index is 13.3. The molecule has 6 nitrogen and oxygen atoms in total. The number of benzene rings is 3. The summed E-state index contributed by atoms with van der Waals surface area (Å²) in [6.07, 6.45) is 1.76. The molecule has 3 aromatic rings. The molecule has 1 N–H and O–H groups in total. The fraction of sp³-hybridized carbons (Fsp3) is 0.345. The van der Waals surface area contributed by atoms with Gasteiger partial charge < -0.3 is 10.1 Å². The van der Waals surface area contributed by atoms with E-state index in [-0.39, 0.29) is 4.90 Å². The Morgan fingerprint density at radius 1 is 0.921 bits per heavy atom. The summed E-state index contributed by atoms with van der Waals surface area (Å²) < 4.78 is 34.0. The van der Waals surface area contributed by atoms with Crippen LogP contribution >= 0.6 is 23.2 Å². The highest BCUT2D eigenvalue weighted by molar-refractivity contribution is 7.89. The molecule has 2 atom stereocenters. The van der Waals surface area contributed by atoms with Crippen LogP contribution in [-0.4, -0.2) is 38.3 Å². The van der Waals surface area contributed by atoms with E-state index < -0.39 is 21.1 Å². The van der Waals surface area contributed by atoms with E-state index >= 15 is 0 Å². The van der Waals surface area contributed by atoms with Gasteiger partial charge in [-0.1, -0.05) is 47.5 Å². The van der Waals surface area contributed by atoms with Crippen LogP contribution in [-0.2, 0) is 21.1 Å². The van der Waals surface area contributed by atoms with Crippen LogP contribution in [0.5, 0.6) is 5.75 Å². The molecule has 5 rings (SSSR count). The average molecular weight is 573 g/mol. The van der Waals surface area contributed by atoms with Crippen LogP contribution in [0.25, 0.3) is 0 Å². The number of hydrogen-bond acceptors (Lipinski definition) is 5. The zero-order valence-corrected chi connectivity index (χ0v) is 24.0. The highest BCUT2D eigenvalue weighted by Crippen LogP contribution is 2.48. The van der Waals surface area contributed by atoms with E-state index in [1.807, 2.05) is 55.5 Å². The molecule has 2 heterocycles. The Morgan fingerprint density at radius 3 is 2.08 bits per heavy atom. The molecule has 3 aromatic carbocycles. The van der Waals surface area contributed by atoms with Crippen LogP contribution in [0.15, 0.2) is 76.6 Å². The van der Waals surface area contributed by atoms with Gasteiger partial charge in [-0.15, -0.1) is 0 Å². The van der Waals surface area contributed by atoms with Gasteiger partial charge in [0.05, 0.1) is 22.6 Å². The Morgan fingerprint density at radius 2 is 1.50 bits per heavy atom. The second-order valence-corrected chi connectivity index (χ2v) is 12.8. The molecule has 0 spiro atoms. The van der Waals surface area contributed by atoms with Crippen molar-refractivity contribution in [3.8, 4) is 5.75 Å². The van der Waals surface area contributed by atoms with Crippen LogP contribution in [0.3, 0.4) is 0 Å². The summed E-state index contributed by atoms with van der Waals surface area (Å²) in [6, 6.07) is 20.5. The zero-order chi connectivity index (χ0) is 27.1. The second-order valence-electron chi connectivity index (χ2n) is 10.00. The van der Waals surface area contributed by atoms with Gasteiger partial charge in [-0.05, 0) is 81.1 Å². The first-order valence-electron chi connectivity index (χ1n) is 12.8. The third-order valence-corrected chi connectivity index (χ3v) is 10.1. The van der Waals surface area contributed by atoms with Crippen molar-refractivity contribution < 1.29 is 13.2 Å². The lowest BCUT2D eigenvalue weighted by atomic mass is 9.72. The Kier molecular flexibility index (Phi) is 7.24. The molecule has 2 aliphatic rings. The predicted molar refractivity (Wildman–Crippen MR) is 153 cm³/mol. The van der Waals surface area contributed by atoms with Gasteiger partial charge in [0.2, 0.25) is 10.0 Å². The number of halogens is 2. The van der Waals surface area contributed by atoms with E-state index in [1.54, 1.807) is 18.2 Å². The molecule has 1 saturated heterocycles. The van der Waals surface area contributed by atoms with Crippen molar-refractivity contribution in [2.45, 2.75) is 49.6 Å². The minimum absolute atomic E-state index is 0.228. The van der Waals surface area contributed by atoms with E-state index in [0.717, 1.165) is 24.0 Å². The summed E-state index contributed by atoms with van der Waals surface area (Å²) in [4.78, 5) is 5.47. The van der Waals surface area contributed by atoms with Gasteiger partial charge in [-0.3, -0.25) is 4.99 Å². The summed E-state index contributed by atoms with van der Waals surface area (Å²) in [6.45, 7) is 7.54. The Balaban J connectivity index is 1.63. The zero-order valence-electron chi connectivity index (χ0n) is 21.7. The number of nitrogens with one attached hydrogen (secondary N) is 1. The molecule has 200 valence electrons. The largest absolute Gasteiger partial charge is 0.493 e. The molecule has 2 aliphatic heterocycles. The maximum Gasteiger partial charge on any atom is 0.243 e. The first-order chi connectivity index (χ1) is 18.1. The summed E-state index contributed by atoms with van der Waals surface area (Å²) in [5.41, 5.74) is 1.29. The lowest BCUT2D eigenvalue weighted by molar-refractivity contribution is 0.268. The lowest BCUT2D eigenvalue weighted by Crippen LogP contribution is -2.50. The average Bonchev–Trinajstić information content (AvgIpc) is 3.53. The fourth-order valence-corrected chi connectivity index (χ4v) is 7.11. The molecular formula is C29H31Cl2N3O3S. The molecule has 38 heavy (non-hydrogen) atoms. The van der Waals surface area contributed by atoms with Crippen LogP contribution in [0.2, 0.25) is 10.0 Å². The molecule has 1 fully saturated rings. The highest BCUT2D eigenvalue weighted by Gasteiger charge is 2.52. The third kappa shape index (κ3) is 4.60. The molecule has 0 saturated carbocycles. The summed E-state index contributed by atoms with van der Waals surface area (Å²) >= 11 is 12.4. The van der Waals surface area contributed by atoms with E-state index in [9.17, 15) is 8.42 Å². The quantitative estimate of drug-likeness (QED) is 0.358. The van der Waals surface area contributed by atoms with Crippen molar-refractivity contribution in [1.82, 2.24) is 9.62 Å². The maximum absolute atomic E-state index is 13.3. The minimum Gasteiger partial charge on any atom is -0.493 e. The van der Waals surface area contributed by atoms with Gasteiger partial charge in [-0.25, -0.2) is 8.42 Å². The van der Waals surface area contributed by atoms with E-state index in [4.69, 9.17) is 32.9 Å². The number of aliphatic imine (C=N–C) groups is 1. The van der Waals surface area contributed by atoms with Crippen molar-refractivity contribution in [1.29, 1.82) is 0 Å². The van der Waals surface area contributed by atoms with Crippen molar-refractivity contribution >= 4 is 39.1 Å². The SMILES string of the molecule is CCOc1cc(S(=O)(=O)N2CCCC2)ccc1C1=N[C@@](C)(c2ccc(Cl)cc2)[C@](C)(c2ccc(Cl)cc2)N1. The third-order valence-electron chi connectivity index (χ3n) is 7.72. The molecule has 0 aliphatic carbocycles. The first-order valence-corrected chi connectivity index (χ1v) is 15.0. The number of ether oxygens (including phenoxy) is 1. The van der Waals surface area contributed by atoms with Gasteiger partial charge >= 0.3 is 0 Å². The van der Waals surface area contributed by atoms with E-state index in [1.165, 1.54) is 4.31 Å². The monoisotopic (exact) mass is 571 g/mol. The highest BCUT2D eigenvalue weighted by atomic mass is 35.5. The van der Waals surface area contributed by atoms with Crippen molar-refractivity contribution in [3.05, 3.63) is 93.5 Å². The number of amidine groups is 1. The number of hydrogen-bond donors (Lipinski definition) is 1. The predicted octanol–water partition coefficient (Wildman–Crippen LogP) is 6.36. The van der Waals surface area contributed by atoms with Gasteiger partial charge in [0.1, 0.15) is 17.1 Å². The lowest BCUT2D eigenvalue weighted by Gasteiger charge is -2.40. The molecule has 0 bridgehead atoms. The molecule has 0 aromatic heterocycles. The fourth-order valence-electron chi connectivity index (χ4n) is 5.32. The molecule has 0 radical (unpaired) electrons. The Bertz CT molecular complexity index is 1470. The topological polar surface area (TPSA) is 71.0 Å². The Labute approximate surface area is 234 Å². The van der Waals surface area contributed by atoms with Crippen molar-refractivity contribution in [3.63, 3.8) is 0 Å². The molecule has 0 unspecified atom stereocenters. The van der Waals surface area contributed by atoms with Crippen molar-refractivity contribution in [2.24, 2.45) is 4.99 Å². The summed E-state index contributed by atoms with van der Waals surface area (Å²) in [7, 11) is -3.59. The van der Waals surface area contributed by atoms with Gasteiger partial charge in [0.15, 0.2) is 0 Å². The normalized spacial score (nSPS) is 23.8. The van der Waals surface area contributed by atoms with Crippen LogP contribution in [0.4, 0.5) is 0 Å². The smallest absolute Gasteiger partial charge is 0.243 e. The van der Waals surface area contributed by atoms with Crippen LogP contribution in [0, 0.1) is 0 Å². The second kappa shape index (κ2) is 10.2. The first kappa shape index (κ1) is 27.0.